The fourth-order valence-electron chi connectivity index (χ4n) is 2.67. The zero-order chi connectivity index (χ0) is 13.4. The molecule has 3 N–H and O–H groups in total. The Morgan fingerprint density at radius 2 is 2.22 bits per heavy atom. The van der Waals surface area contributed by atoms with Gasteiger partial charge in [0.1, 0.15) is 0 Å². The average molecular weight is 258 g/mol. The topological polar surface area (TPSA) is 58.7 Å². The molecule has 2 atom stereocenters. The summed E-state index contributed by atoms with van der Waals surface area (Å²) in [6.07, 6.45) is 5.59. The highest BCUT2D eigenvalue weighted by atomic mass is 16.5. The van der Waals surface area contributed by atoms with Crippen LogP contribution in [0, 0.1) is 5.92 Å². The van der Waals surface area contributed by atoms with Gasteiger partial charge >= 0.3 is 0 Å². The van der Waals surface area contributed by atoms with Gasteiger partial charge in [-0.25, -0.2) is 0 Å². The van der Waals surface area contributed by atoms with Gasteiger partial charge in [-0.3, -0.25) is 0 Å². The Morgan fingerprint density at radius 1 is 1.44 bits per heavy atom. The third-order valence-electron chi connectivity index (χ3n) is 3.88. The molecule has 0 aromatic rings. The molecule has 2 unspecified atom stereocenters. The van der Waals surface area contributed by atoms with Crippen LogP contribution in [0.2, 0.25) is 0 Å². The molecule has 1 saturated heterocycles. The van der Waals surface area contributed by atoms with Crippen LogP contribution in [-0.4, -0.2) is 55.5 Å². The third-order valence-corrected chi connectivity index (χ3v) is 3.88. The molecule has 1 rings (SSSR count). The van der Waals surface area contributed by atoms with Crippen molar-refractivity contribution >= 4 is 0 Å². The lowest BCUT2D eigenvalue weighted by molar-refractivity contribution is 0.0544. The van der Waals surface area contributed by atoms with Gasteiger partial charge in [0.15, 0.2) is 0 Å². The summed E-state index contributed by atoms with van der Waals surface area (Å²) in [5.41, 5.74) is 4.83. The van der Waals surface area contributed by atoms with Gasteiger partial charge in [-0.1, -0.05) is 0 Å². The van der Waals surface area contributed by atoms with Gasteiger partial charge in [-0.2, -0.15) is 0 Å². The van der Waals surface area contributed by atoms with E-state index in [1.165, 1.54) is 25.9 Å². The predicted octanol–water partition coefficient (Wildman–Crippen LogP) is 1.22. The number of nitrogens with two attached hydrogens (primary N) is 1. The summed E-state index contributed by atoms with van der Waals surface area (Å²) in [5, 5.41) is 9.82. The second kappa shape index (κ2) is 8.10. The van der Waals surface area contributed by atoms with Crippen LogP contribution >= 0.6 is 0 Å². The molecular weight excluding hydrogens is 228 g/mol. The van der Waals surface area contributed by atoms with E-state index in [4.69, 9.17) is 10.5 Å². The van der Waals surface area contributed by atoms with Gasteiger partial charge in [0, 0.05) is 20.2 Å². The molecule has 0 bridgehead atoms. The molecule has 0 aromatic carbocycles. The number of piperidine rings is 1. The third kappa shape index (κ3) is 6.14. The van der Waals surface area contributed by atoms with Crippen molar-refractivity contribution in [3.63, 3.8) is 0 Å². The lowest BCUT2D eigenvalue weighted by Gasteiger charge is -2.32. The molecule has 4 nitrogen and oxygen atoms in total. The molecule has 4 heteroatoms. The van der Waals surface area contributed by atoms with E-state index in [1.807, 2.05) is 6.92 Å². The number of hydrogen-bond donors (Lipinski definition) is 2. The second-order valence-electron chi connectivity index (χ2n) is 5.92. The van der Waals surface area contributed by atoms with E-state index in [1.54, 1.807) is 7.11 Å². The first kappa shape index (κ1) is 15.9. The van der Waals surface area contributed by atoms with Gasteiger partial charge in [0.2, 0.25) is 0 Å². The lowest BCUT2D eigenvalue weighted by atomic mass is 9.97. The fourth-order valence-corrected chi connectivity index (χ4v) is 2.67. The monoisotopic (exact) mass is 258 g/mol. The van der Waals surface area contributed by atoms with E-state index < -0.39 is 5.60 Å². The van der Waals surface area contributed by atoms with Crippen molar-refractivity contribution < 1.29 is 9.84 Å². The highest BCUT2D eigenvalue weighted by Crippen LogP contribution is 2.18. The molecule has 0 spiro atoms. The van der Waals surface area contributed by atoms with Crippen molar-refractivity contribution in [2.75, 3.05) is 39.9 Å². The van der Waals surface area contributed by atoms with Crippen LogP contribution in [-0.2, 0) is 4.74 Å². The van der Waals surface area contributed by atoms with Crippen molar-refractivity contribution in [2.24, 2.45) is 11.7 Å². The first-order valence-corrected chi connectivity index (χ1v) is 7.21. The lowest BCUT2D eigenvalue weighted by Crippen LogP contribution is -2.38. The molecule has 1 aliphatic heterocycles. The smallest absolute Gasteiger partial charge is 0.0741 e. The van der Waals surface area contributed by atoms with Crippen LogP contribution in [0.3, 0.4) is 0 Å². The van der Waals surface area contributed by atoms with Crippen LogP contribution in [0.1, 0.15) is 39.0 Å². The maximum atomic E-state index is 9.82. The quantitative estimate of drug-likeness (QED) is 0.643. The summed E-state index contributed by atoms with van der Waals surface area (Å²) >= 11 is 0. The van der Waals surface area contributed by atoms with Gasteiger partial charge in [0.25, 0.3) is 0 Å². The normalized spacial score (nSPS) is 25.0. The number of aliphatic hydroxyl groups is 1. The Labute approximate surface area is 111 Å². The summed E-state index contributed by atoms with van der Waals surface area (Å²) < 4.78 is 5.24. The predicted molar refractivity (Wildman–Crippen MR) is 74.6 cm³/mol. The van der Waals surface area contributed by atoms with Crippen LogP contribution < -0.4 is 5.73 Å². The largest absolute Gasteiger partial charge is 0.389 e. The summed E-state index contributed by atoms with van der Waals surface area (Å²) in [5.74, 6) is 0.705. The standard InChI is InChI=1S/C14H30N2O2/c1-14(17,12-15)7-3-4-8-16-9-5-6-13(10-16)11-18-2/h13,17H,3-12,15H2,1-2H3. The van der Waals surface area contributed by atoms with E-state index in [0.717, 1.165) is 32.4 Å². The summed E-state index contributed by atoms with van der Waals surface area (Å²) in [4.78, 5) is 2.53. The molecule has 18 heavy (non-hydrogen) atoms. The maximum absolute atomic E-state index is 9.82. The van der Waals surface area contributed by atoms with E-state index in [9.17, 15) is 5.11 Å². The van der Waals surface area contributed by atoms with Crippen molar-refractivity contribution in [2.45, 2.75) is 44.6 Å². The van der Waals surface area contributed by atoms with E-state index in [0.29, 0.717) is 12.5 Å². The van der Waals surface area contributed by atoms with Crippen LogP contribution in [0.5, 0.6) is 0 Å². The van der Waals surface area contributed by atoms with Crippen LogP contribution in [0.25, 0.3) is 0 Å². The summed E-state index contributed by atoms with van der Waals surface area (Å²) in [7, 11) is 1.79. The number of ether oxygens (including phenoxy) is 1. The van der Waals surface area contributed by atoms with Crippen molar-refractivity contribution in [3.8, 4) is 0 Å². The number of hydrogen-bond acceptors (Lipinski definition) is 4. The first-order valence-electron chi connectivity index (χ1n) is 7.21. The van der Waals surface area contributed by atoms with E-state index in [2.05, 4.69) is 4.90 Å². The fraction of sp³-hybridized carbons (Fsp3) is 1.00. The minimum atomic E-state index is -0.680. The molecule has 0 amide bonds. The summed E-state index contributed by atoms with van der Waals surface area (Å²) in [6.45, 7) is 6.59. The van der Waals surface area contributed by atoms with Crippen LogP contribution in [0.15, 0.2) is 0 Å². The highest BCUT2D eigenvalue weighted by Gasteiger charge is 2.20. The Morgan fingerprint density at radius 3 is 2.89 bits per heavy atom. The van der Waals surface area contributed by atoms with Gasteiger partial charge in [-0.15, -0.1) is 0 Å². The zero-order valence-corrected chi connectivity index (χ0v) is 12.0. The second-order valence-corrected chi connectivity index (χ2v) is 5.92. The Kier molecular flexibility index (Phi) is 7.15. The SMILES string of the molecule is COCC1CCCN(CCCCC(C)(O)CN)C1. The number of rotatable bonds is 8. The highest BCUT2D eigenvalue weighted by molar-refractivity contribution is 4.75. The summed E-state index contributed by atoms with van der Waals surface area (Å²) in [6, 6.07) is 0. The molecule has 108 valence electrons. The zero-order valence-electron chi connectivity index (χ0n) is 12.0. The Balaban J connectivity index is 2.11. The number of likely N-dealkylation sites (tertiary alicyclic amines) is 1. The molecule has 0 radical (unpaired) electrons. The van der Waals surface area contributed by atoms with Crippen molar-refractivity contribution in [1.82, 2.24) is 4.90 Å². The molecule has 1 heterocycles. The molecule has 0 aromatic heterocycles. The molecule has 1 fully saturated rings. The molecule has 0 saturated carbocycles. The van der Waals surface area contributed by atoms with Gasteiger partial charge in [-0.05, 0) is 58.0 Å². The number of methoxy groups -OCH3 is 1. The van der Waals surface area contributed by atoms with E-state index >= 15 is 0 Å². The molecule has 1 aliphatic rings. The first-order chi connectivity index (χ1) is 8.57. The molecular formula is C14H30N2O2. The van der Waals surface area contributed by atoms with E-state index in [-0.39, 0.29) is 0 Å². The number of unbranched alkanes of at least 4 members (excludes halogenated alkanes) is 1. The van der Waals surface area contributed by atoms with Crippen LogP contribution in [0.4, 0.5) is 0 Å². The average Bonchev–Trinajstić information content (AvgIpc) is 2.36. The maximum Gasteiger partial charge on any atom is 0.0741 e. The van der Waals surface area contributed by atoms with Gasteiger partial charge < -0.3 is 20.5 Å². The molecule has 0 aliphatic carbocycles. The minimum absolute atomic E-state index is 0.354. The minimum Gasteiger partial charge on any atom is -0.389 e. The Hall–Kier alpha value is -0.160. The van der Waals surface area contributed by atoms with Crippen molar-refractivity contribution in [3.05, 3.63) is 0 Å². The number of nitrogens with zero attached hydrogens (tertiary/aromatic N) is 1. The Bertz CT molecular complexity index is 220. The van der Waals surface area contributed by atoms with Gasteiger partial charge in [0.05, 0.1) is 12.2 Å². The van der Waals surface area contributed by atoms with Crippen molar-refractivity contribution in [1.29, 1.82) is 0 Å².